The van der Waals surface area contributed by atoms with Crippen LogP contribution in [-0.2, 0) is 6.54 Å². The molecule has 1 atom stereocenters. The summed E-state index contributed by atoms with van der Waals surface area (Å²) in [6.07, 6.45) is 3.88. The Morgan fingerprint density at radius 1 is 1.26 bits per heavy atom. The Morgan fingerprint density at radius 3 is 2.63 bits per heavy atom. The van der Waals surface area contributed by atoms with E-state index in [1.165, 1.54) is 37.1 Å². The van der Waals surface area contributed by atoms with Crippen molar-refractivity contribution in [3.8, 4) is 0 Å². The molecule has 0 bridgehead atoms. The fourth-order valence-electron chi connectivity index (χ4n) is 3.02. The maximum atomic E-state index is 3.45. The fraction of sp³-hybridized carbons (Fsp3) is 0.647. The van der Waals surface area contributed by atoms with E-state index in [2.05, 4.69) is 55.3 Å². The highest BCUT2D eigenvalue weighted by molar-refractivity contribution is 5.49. The fourth-order valence-corrected chi connectivity index (χ4v) is 3.02. The summed E-state index contributed by atoms with van der Waals surface area (Å²) in [5.41, 5.74) is 2.79. The molecule has 1 fully saturated rings. The first kappa shape index (κ1) is 14.4. The van der Waals surface area contributed by atoms with Crippen molar-refractivity contribution in [1.82, 2.24) is 5.32 Å². The lowest BCUT2D eigenvalue weighted by molar-refractivity contribution is 0.492. The molecule has 19 heavy (non-hydrogen) atoms. The van der Waals surface area contributed by atoms with Crippen LogP contribution in [0.2, 0.25) is 0 Å². The maximum absolute atomic E-state index is 3.45. The number of rotatable bonds is 6. The largest absolute Gasteiger partial charge is 0.368 e. The van der Waals surface area contributed by atoms with Gasteiger partial charge in [0, 0.05) is 24.8 Å². The van der Waals surface area contributed by atoms with E-state index in [0.717, 1.165) is 25.0 Å². The minimum Gasteiger partial charge on any atom is -0.368 e. The van der Waals surface area contributed by atoms with Gasteiger partial charge in [0.15, 0.2) is 0 Å². The van der Waals surface area contributed by atoms with Crippen LogP contribution in [0.1, 0.15) is 45.6 Å². The molecule has 0 radical (unpaired) electrons. The van der Waals surface area contributed by atoms with Crippen molar-refractivity contribution >= 4 is 5.69 Å². The zero-order chi connectivity index (χ0) is 13.7. The average molecular weight is 260 g/mol. The second-order valence-corrected chi connectivity index (χ2v) is 5.99. The normalized spacial score (nSPS) is 19.4. The predicted octanol–water partition coefficient (Wildman–Crippen LogP) is 3.81. The van der Waals surface area contributed by atoms with E-state index >= 15 is 0 Å². The molecule has 0 spiro atoms. The smallest absolute Gasteiger partial charge is 0.0368 e. The second kappa shape index (κ2) is 6.95. The summed E-state index contributed by atoms with van der Waals surface area (Å²) in [6.45, 7) is 10.2. The summed E-state index contributed by atoms with van der Waals surface area (Å²) in [6, 6.07) is 9.86. The molecular formula is C17H28N2. The lowest BCUT2D eigenvalue weighted by atomic mass is 10.0. The molecule has 0 aliphatic carbocycles. The van der Waals surface area contributed by atoms with E-state index in [1.54, 1.807) is 0 Å². The molecule has 2 nitrogen and oxygen atoms in total. The second-order valence-electron chi connectivity index (χ2n) is 5.99. The first-order chi connectivity index (χ1) is 9.22. The van der Waals surface area contributed by atoms with Crippen molar-refractivity contribution in [1.29, 1.82) is 0 Å². The third-order valence-corrected chi connectivity index (χ3v) is 4.09. The maximum Gasteiger partial charge on any atom is 0.0368 e. The number of benzene rings is 1. The Balaban J connectivity index is 1.97. The summed E-state index contributed by atoms with van der Waals surface area (Å²) in [5.74, 6) is 0.744. The molecular weight excluding hydrogens is 232 g/mol. The van der Waals surface area contributed by atoms with Crippen molar-refractivity contribution in [2.24, 2.45) is 5.92 Å². The molecule has 0 amide bonds. The molecule has 1 heterocycles. The van der Waals surface area contributed by atoms with Crippen LogP contribution in [0.5, 0.6) is 0 Å². The van der Waals surface area contributed by atoms with Gasteiger partial charge in [0.1, 0.15) is 0 Å². The molecule has 0 saturated carbocycles. The van der Waals surface area contributed by atoms with Gasteiger partial charge in [0.05, 0.1) is 0 Å². The van der Waals surface area contributed by atoms with Gasteiger partial charge in [0.25, 0.3) is 0 Å². The lowest BCUT2D eigenvalue weighted by Gasteiger charge is -2.29. The molecule has 106 valence electrons. The molecule has 1 aromatic carbocycles. The van der Waals surface area contributed by atoms with E-state index < -0.39 is 0 Å². The monoisotopic (exact) mass is 260 g/mol. The zero-order valence-electron chi connectivity index (χ0n) is 12.7. The number of nitrogens with one attached hydrogen (secondary N) is 1. The van der Waals surface area contributed by atoms with Gasteiger partial charge in [-0.25, -0.2) is 0 Å². The standard InChI is InChI=1S/C17H28N2/c1-4-11-18-13-15-7-9-16(10-8-15)19-12-5-6-17(19)14(2)3/h7-10,14,17-18H,4-6,11-13H2,1-3H3. The summed E-state index contributed by atoms with van der Waals surface area (Å²) in [5, 5.41) is 3.45. The van der Waals surface area contributed by atoms with Crippen molar-refractivity contribution in [3.05, 3.63) is 29.8 Å². The van der Waals surface area contributed by atoms with Crippen LogP contribution in [0.4, 0.5) is 5.69 Å². The Labute approximate surface area is 118 Å². The summed E-state index contributed by atoms with van der Waals surface area (Å²) >= 11 is 0. The van der Waals surface area contributed by atoms with Crippen molar-refractivity contribution < 1.29 is 0 Å². The third-order valence-electron chi connectivity index (χ3n) is 4.09. The number of anilines is 1. The van der Waals surface area contributed by atoms with Gasteiger partial charge >= 0.3 is 0 Å². The van der Waals surface area contributed by atoms with Crippen LogP contribution in [0, 0.1) is 5.92 Å². The minimum absolute atomic E-state index is 0.726. The summed E-state index contributed by atoms with van der Waals surface area (Å²) in [4.78, 5) is 2.59. The van der Waals surface area contributed by atoms with E-state index in [-0.39, 0.29) is 0 Å². The van der Waals surface area contributed by atoms with E-state index in [0.29, 0.717) is 0 Å². The zero-order valence-corrected chi connectivity index (χ0v) is 12.7. The number of hydrogen-bond donors (Lipinski definition) is 1. The van der Waals surface area contributed by atoms with E-state index in [9.17, 15) is 0 Å². The Kier molecular flexibility index (Phi) is 5.26. The van der Waals surface area contributed by atoms with Crippen molar-refractivity contribution in [2.75, 3.05) is 18.0 Å². The van der Waals surface area contributed by atoms with E-state index in [1.807, 2.05) is 0 Å². The molecule has 1 aliphatic rings. The van der Waals surface area contributed by atoms with Gasteiger partial charge in [-0.1, -0.05) is 32.9 Å². The molecule has 1 aliphatic heterocycles. The van der Waals surface area contributed by atoms with Gasteiger partial charge in [-0.15, -0.1) is 0 Å². The molecule has 1 aromatic rings. The highest BCUT2D eigenvalue weighted by Crippen LogP contribution is 2.29. The molecule has 2 heteroatoms. The van der Waals surface area contributed by atoms with Gasteiger partial charge in [-0.05, 0) is 49.4 Å². The van der Waals surface area contributed by atoms with Crippen molar-refractivity contribution in [2.45, 2.75) is 52.6 Å². The topological polar surface area (TPSA) is 15.3 Å². The van der Waals surface area contributed by atoms with Gasteiger partial charge in [-0.3, -0.25) is 0 Å². The number of nitrogens with zero attached hydrogens (tertiary/aromatic N) is 1. The summed E-state index contributed by atoms with van der Waals surface area (Å²) in [7, 11) is 0. The lowest BCUT2D eigenvalue weighted by Crippen LogP contribution is -2.33. The van der Waals surface area contributed by atoms with Crippen LogP contribution < -0.4 is 10.2 Å². The quantitative estimate of drug-likeness (QED) is 0.782. The van der Waals surface area contributed by atoms with Crippen molar-refractivity contribution in [3.63, 3.8) is 0 Å². The molecule has 0 aromatic heterocycles. The number of hydrogen-bond acceptors (Lipinski definition) is 2. The van der Waals surface area contributed by atoms with Gasteiger partial charge in [-0.2, -0.15) is 0 Å². The first-order valence-corrected chi connectivity index (χ1v) is 7.78. The molecule has 1 saturated heterocycles. The van der Waals surface area contributed by atoms with Crippen LogP contribution >= 0.6 is 0 Å². The highest BCUT2D eigenvalue weighted by Gasteiger charge is 2.26. The van der Waals surface area contributed by atoms with Crippen LogP contribution in [0.25, 0.3) is 0 Å². The van der Waals surface area contributed by atoms with Crippen LogP contribution in [0.15, 0.2) is 24.3 Å². The third kappa shape index (κ3) is 3.73. The Bertz CT molecular complexity index is 369. The van der Waals surface area contributed by atoms with Gasteiger partial charge < -0.3 is 10.2 Å². The predicted molar refractivity (Wildman–Crippen MR) is 83.6 cm³/mol. The summed E-state index contributed by atoms with van der Waals surface area (Å²) < 4.78 is 0. The SMILES string of the molecule is CCCNCc1ccc(N2CCCC2C(C)C)cc1. The minimum atomic E-state index is 0.726. The first-order valence-electron chi connectivity index (χ1n) is 7.78. The Morgan fingerprint density at radius 2 is 2.00 bits per heavy atom. The van der Waals surface area contributed by atoms with Gasteiger partial charge in [0.2, 0.25) is 0 Å². The van der Waals surface area contributed by atoms with Crippen LogP contribution in [0.3, 0.4) is 0 Å². The molecule has 2 rings (SSSR count). The molecule has 1 unspecified atom stereocenters. The molecule has 1 N–H and O–H groups in total. The van der Waals surface area contributed by atoms with Crippen LogP contribution in [-0.4, -0.2) is 19.1 Å². The van der Waals surface area contributed by atoms with E-state index in [4.69, 9.17) is 0 Å². The Hall–Kier alpha value is -1.02. The average Bonchev–Trinajstić information content (AvgIpc) is 2.89. The highest BCUT2D eigenvalue weighted by atomic mass is 15.2.